The van der Waals surface area contributed by atoms with E-state index in [1.54, 1.807) is 6.20 Å². The molecule has 0 amide bonds. The lowest BCUT2D eigenvalue weighted by molar-refractivity contribution is 0.101. The lowest BCUT2D eigenvalue weighted by Gasteiger charge is -2.12. The number of hydrogen-bond donors (Lipinski definition) is 0. The van der Waals surface area contributed by atoms with E-state index >= 15 is 0 Å². The highest BCUT2D eigenvalue weighted by atomic mass is 35.5. The zero-order valence-corrected chi connectivity index (χ0v) is 12.2. The van der Waals surface area contributed by atoms with Gasteiger partial charge in [0.15, 0.2) is 5.78 Å². The number of aryl methyl sites for hydroxylation is 2. The average Bonchev–Trinajstić information content (AvgIpc) is 2.90. The molecular weight excluding hydrogens is 293 g/mol. The van der Waals surface area contributed by atoms with Crippen LogP contribution in [0.4, 0.5) is 4.39 Å². The van der Waals surface area contributed by atoms with Crippen molar-refractivity contribution in [1.82, 2.24) is 4.98 Å². The van der Waals surface area contributed by atoms with Crippen molar-refractivity contribution < 1.29 is 13.9 Å². The van der Waals surface area contributed by atoms with Gasteiger partial charge in [0.1, 0.15) is 17.3 Å². The zero-order valence-electron chi connectivity index (χ0n) is 11.5. The molecule has 1 aromatic heterocycles. The number of hydrogen-bond acceptors (Lipinski definition) is 3. The van der Waals surface area contributed by atoms with Crippen molar-refractivity contribution in [1.29, 1.82) is 0 Å². The summed E-state index contributed by atoms with van der Waals surface area (Å²) in [6, 6.07) is 4.51. The molecule has 1 heterocycles. The first-order valence-electron chi connectivity index (χ1n) is 6.71. The summed E-state index contributed by atoms with van der Waals surface area (Å²) < 4.78 is 19.2. The van der Waals surface area contributed by atoms with Gasteiger partial charge in [0.05, 0.1) is 16.8 Å². The molecule has 3 rings (SSSR count). The van der Waals surface area contributed by atoms with Crippen molar-refractivity contribution in [3.8, 4) is 11.5 Å². The third-order valence-electron chi connectivity index (χ3n) is 3.53. The zero-order chi connectivity index (χ0) is 15.0. The molecule has 1 aliphatic carbocycles. The van der Waals surface area contributed by atoms with E-state index in [0.29, 0.717) is 5.75 Å². The Morgan fingerprint density at radius 1 is 1.38 bits per heavy atom. The Morgan fingerprint density at radius 3 is 2.95 bits per heavy atom. The van der Waals surface area contributed by atoms with Gasteiger partial charge >= 0.3 is 0 Å². The molecule has 108 valence electrons. The third-order valence-corrected chi connectivity index (χ3v) is 3.90. The summed E-state index contributed by atoms with van der Waals surface area (Å²) in [4.78, 5) is 16.0. The van der Waals surface area contributed by atoms with Gasteiger partial charge in [-0.3, -0.25) is 9.78 Å². The minimum Gasteiger partial charge on any atom is -0.455 e. The first-order valence-corrected chi connectivity index (χ1v) is 7.08. The van der Waals surface area contributed by atoms with E-state index < -0.39 is 5.82 Å². The highest BCUT2D eigenvalue weighted by Crippen LogP contribution is 2.33. The molecule has 0 atom stereocenters. The number of aromatic nitrogens is 1. The summed E-state index contributed by atoms with van der Waals surface area (Å²) in [5.74, 6) is -0.209. The molecular formula is C16H13ClFNO2. The molecule has 3 nitrogen and oxygen atoms in total. The standard InChI is InChI=1S/C16H13ClFNO2/c1-9(20)15-14(6-5-12(18)16(15)17)21-11-7-10-3-2-4-13(10)19-8-11/h5-8H,2-4H2,1H3. The Hall–Kier alpha value is -1.94. The molecule has 0 saturated carbocycles. The second-order valence-corrected chi connectivity index (χ2v) is 5.40. The average molecular weight is 306 g/mol. The van der Waals surface area contributed by atoms with Crippen molar-refractivity contribution in [2.24, 2.45) is 0 Å². The molecule has 0 saturated heterocycles. The molecule has 0 radical (unpaired) electrons. The summed E-state index contributed by atoms with van der Waals surface area (Å²) in [7, 11) is 0. The predicted octanol–water partition coefficient (Wildman–Crippen LogP) is 4.36. The first kappa shape index (κ1) is 14.0. The van der Waals surface area contributed by atoms with Gasteiger partial charge in [0.2, 0.25) is 0 Å². The maximum atomic E-state index is 13.5. The number of nitrogens with zero attached hydrogens (tertiary/aromatic N) is 1. The number of benzene rings is 1. The summed E-state index contributed by atoms with van der Waals surface area (Å²) in [5, 5.41) is -0.214. The van der Waals surface area contributed by atoms with Crippen LogP contribution in [0.25, 0.3) is 0 Å². The maximum absolute atomic E-state index is 13.5. The Labute approximate surface area is 126 Å². The van der Waals surface area contributed by atoms with Gasteiger partial charge in [0, 0.05) is 5.69 Å². The van der Waals surface area contributed by atoms with E-state index in [-0.39, 0.29) is 22.1 Å². The number of ether oxygens (including phenoxy) is 1. The maximum Gasteiger partial charge on any atom is 0.165 e. The molecule has 0 fully saturated rings. The topological polar surface area (TPSA) is 39.2 Å². The molecule has 0 bridgehead atoms. The van der Waals surface area contributed by atoms with Gasteiger partial charge in [-0.2, -0.15) is 0 Å². The number of ketones is 1. The highest BCUT2D eigenvalue weighted by Gasteiger charge is 2.19. The van der Waals surface area contributed by atoms with Gasteiger partial charge in [-0.1, -0.05) is 11.6 Å². The molecule has 0 N–H and O–H groups in total. The monoisotopic (exact) mass is 305 g/mol. The summed E-state index contributed by atoms with van der Waals surface area (Å²) in [5.41, 5.74) is 2.30. The van der Waals surface area contributed by atoms with Gasteiger partial charge in [-0.05, 0) is 49.9 Å². The Morgan fingerprint density at radius 2 is 2.19 bits per heavy atom. The van der Waals surface area contributed by atoms with Gasteiger partial charge in [0.25, 0.3) is 0 Å². The van der Waals surface area contributed by atoms with Crippen LogP contribution >= 0.6 is 11.6 Å². The van der Waals surface area contributed by atoms with Crippen molar-refractivity contribution in [3.63, 3.8) is 0 Å². The normalized spacial score (nSPS) is 13.1. The number of fused-ring (bicyclic) bond motifs is 1. The minimum absolute atomic E-state index is 0.0529. The third kappa shape index (κ3) is 2.63. The second kappa shape index (κ2) is 5.45. The molecule has 1 aromatic carbocycles. The van der Waals surface area contributed by atoms with E-state index in [9.17, 15) is 9.18 Å². The number of Topliss-reactive ketones (excluding diaryl/α,β-unsaturated/α-hetero) is 1. The van der Waals surface area contributed by atoms with E-state index in [1.807, 2.05) is 6.07 Å². The fourth-order valence-corrected chi connectivity index (χ4v) is 2.82. The summed E-state index contributed by atoms with van der Waals surface area (Å²) in [6.07, 6.45) is 4.66. The van der Waals surface area contributed by atoms with Crippen LogP contribution in [0.1, 0.15) is 35.0 Å². The smallest absolute Gasteiger partial charge is 0.165 e. The SMILES string of the molecule is CC(=O)c1c(Oc2cnc3c(c2)CCC3)ccc(F)c1Cl. The van der Waals surface area contributed by atoms with E-state index in [0.717, 1.165) is 30.5 Å². The van der Waals surface area contributed by atoms with Crippen LogP contribution < -0.4 is 4.74 Å². The van der Waals surface area contributed by atoms with Crippen molar-refractivity contribution in [3.05, 3.63) is 52.1 Å². The predicted molar refractivity (Wildman–Crippen MR) is 77.8 cm³/mol. The molecule has 0 unspecified atom stereocenters. The van der Waals surface area contributed by atoms with Crippen LogP contribution in [0.3, 0.4) is 0 Å². The molecule has 2 aromatic rings. The first-order chi connectivity index (χ1) is 10.1. The summed E-state index contributed by atoms with van der Waals surface area (Å²) in [6.45, 7) is 1.33. The number of carbonyl (C=O) groups excluding carboxylic acids is 1. The van der Waals surface area contributed by atoms with Crippen molar-refractivity contribution in [2.75, 3.05) is 0 Å². The van der Waals surface area contributed by atoms with E-state index in [4.69, 9.17) is 16.3 Å². The lowest BCUT2D eigenvalue weighted by Crippen LogP contribution is -2.01. The number of rotatable bonds is 3. The second-order valence-electron chi connectivity index (χ2n) is 5.02. The van der Waals surface area contributed by atoms with Crippen LogP contribution in [0.2, 0.25) is 5.02 Å². The van der Waals surface area contributed by atoms with Crippen LogP contribution in [-0.4, -0.2) is 10.8 Å². The number of halogens is 2. The Kier molecular flexibility index (Phi) is 3.64. The Bertz CT molecular complexity index is 730. The molecule has 1 aliphatic rings. The number of pyridine rings is 1. The fourth-order valence-electron chi connectivity index (χ4n) is 2.53. The summed E-state index contributed by atoms with van der Waals surface area (Å²) >= 11 is 5.86. The van der Waals surface area contributed by atoms with E-state index in [1.165, 1.54) is 19.1 Å². The quantitative estimate of drug-likeness (QED) is 0.791. The Balaban J connectivity index is 1.98. The van der Waals surface area contributed by atoms with Crippen LogP contribution in [0.5, 0.6) is 11.5 Å². The van der Waals surface area contributed by atoms with Crippen LogP contribution in [0, 0.1) is 5.82 Å². The van der Waals surface area contributed by atoms with Gasteiger partial charge in [-0.15, -0.1) is 0 Å². The molecule has 21 heavy (non-hydrogen) atoms. The van der Waals surface area contributed by atoms with Crippen LogP contribution in [-0.2, 0) is 12.8 Å². The highest BCUT2D eigenvalue weighted by molar-refractivity contribution is 6.34. The minimum atomic E-state index is -0.638. The fraction of sp³-hybridized carbons (Fsp3) is 0.250. The van der Waals surface area contributed by atoms with Crippen LogP contribution in [0.15, 0.2) is 24.4 Å². The van der Waals surface area contributed by atoms with Gasteiger partial charge in [-0.25, -0.2) is 4.39 Å². The molecule has 0 aliphatic heterocycles. The number of carbonyl (C=O) groups is 1. The molecule has 5 heteroatoms. The van der Waals surface area contributed by atoms with E-state index in [2.05, 4.69) is 4.98 Å². The lowest BCUT2D eigenvalue weighted by atomic mass is 10.1. The largest absolute Gasteiger partial charge is 0.455 e. The van der Waals surface area contributed by atoms with Gasteiger partial charge < -0.3 is 4.74 Å². The molecule has 0 spiro atoms. The van der Waals surface area contributed by atoms with Crippen molar-refractivity contribution >= 4 is 17.4 Å². The van der Waals surface area contributed by atoms with Crippen molar-refractivity contribution in [2.45, 2.75) is 26.2 Å².